The van der Waals surface area contributed by atoms with E-state index in [9.17, 15) is 9.18 Å². The van der Waals surface area contributed by atoms with Crippen LogP contribution in [0.25, 0.3) is 0 Å². The second-order valence-corrected chi connectivity index (χ2v) is 6.37. The maximum atomic E-state index is 13.3. The van der Waals surface area contributed by atoms with Crippen molar-refractivity contribution in [3.8, 4) is 0 Å². The first-order chi connectivity index (χ1) is 9.56. The predicted molar refractivity (Wildman–Crippen MR) is 83.6 cm³/mol. The van der Waals surface area contributed by atoms with Gasteiger partial charge < -0.3 is 4.90 Å². The van der Waals surface area contributed by atoms with Crippen molar-refractivity contribution in [2.75, 3.05) is 11.4 Å². The fourth-order valence-corrected chi connectivity index (χ4v) is 3.21. The van der Waals surface area contributed by atoms with Crippen molar-refractivity contribution < 1.29 is 9.18 Å². The molecule has 0 fully saturated rings. The van der Waals surface area contributed by atoms with Crippen LogP contribution in [-0.4, -0.2) is 12.5 Å². The van der Waals surface area contributed by atoms with Crippen LogP contribution in [0.15, 0.2) is 45.3 Å². The number of amides is 1. The van der Waals surface area contributed by atoms with Gasteiger partial charge >= 0.3 is 0 Å². The van der Waals surface area contributed by atoms with Crippen molar-refractivity contribution in [3.05, 3.63) is 62.3 Å². The molecule has 2 nitrogen and oxygen atoms in total. The summed E-state index contributed by atoms with van der Waals surface area (Å²) < 4.78 is 14.9. The van der Waals surface area contributed by atoms with Gasteiger partial charge in [0, 0.05) is 21.2 Å². The van der Waals surface area contributed by atoms with Gasteiger partial charge in [0.1, 0.15) is 5.82 Å². The highest BCUT2D eigenvalue weighted by Gasteiger charge is 2.27. The first-order valence-corrected chi connectivity index (χ1v) is 7.70. The molecule has 102 valence electrons. The molecule has 20 heavy (non-hydrogen) atoms. The highest BCUT2D eigenvalue weighted by Crippen LogP contribution is 2.32. The molecule has 1 heterocycles. The molecule has 0 N–H and O–H groups in total. The van der Waals surface area contributed by atoms with E-state index < -0.39 is 5.82 Å². The maximum absolute atomic E-state index is 13.3. The van der Waals surface area contributed by atoms with Gasteiger partial charge in [0.15, 0.2) is 0 Å². The third-order valence-corrected chi connectivity index (χ3v) is 4.53. The lowest BCUT2D eigenvalue weighted by atomic mass is 10.1. The fourth-order valence-electron chi connectivity index (χ4n) is 2.39. The largest absolute Gasteiger partial charge is 0.308 e. The summed E-state index contributed by atoms with van der Waals surface area (Å²) in [4.78, 5) is 14.3. The van der Waals surface area contributed by atoms with Crippen molar-refractivity contribution >= 4 is 43.5 Å². The lowest BCUT2D eigenvalue weighted by Crippen LogP contribution is -2.29. The Balaban J connectivity index is 2.00. The Labute approximate surface area is 132 Å². The number of anilines is 1. The van der Waals surface area contributed by atoms with Crippen LogP contribution in [0.1, 0.15) is 15.9 Å². The Morgan fingerprint density at radius 2 is 1.95 bits per heavy atom. The Hall–Kier alpha value is -1.20. The summed E-state index contributed by atoms with van der Waals surface area (Å²) in [5.74, 6) is -0.593. The number of rotatable bonds is 1. The average molecular weight is 399 g/mol. The first-order valence-electron chi connectivity index (χ1n) is 6.11. The minimum atomic E-state index is -0.410. The van der Waals surface area contributed by atoms with E-state index in [1.807, 2.05) is 18.2 Å². The molecular weight excluding hydrogens is 389 g/mol. The van der Waals surface area contributed by atoms with E-state index >= 15 is 0 Å². The van der Waals surface area contributed by atoms with Crippen LogP contribution in [0, 0.1) is 5.82 Å². The van der Waals surface area contributed by atoms with E-state index in [0.717, 1.165) is 22.1 Å². The third kappa shape index (κ3) is 2.40. The van der Waals surface area contributed by atoms with Gasteiger partial charge in [-0.1, -0.05) is 15.9 Å². The number of hydrogen-bond donors (Lipinski definition) is 0. The zero-order valence-corrected chi connectivity index (χ0v) is 13.5. The smallest absolute Gasteiger partial charge is 0.259 e. The molecule has 0 spiro atoms. The molecule has 0 saturated heterocycles. The summed E-state index contributed by atoms with van der Waals surface area (Å²) in [7, 11) is 0. The van der Waals surface area contributed by atoms with Crippen molar-refractivity contribution in [3.63, 3.8) is 0 Å². The van der Waals surface area contributed by atoms with Gasteiger partial charge in [0.2, 0.25) is 0 Å². The Kier molecular flexibility index (Phi) is 3.65. The van der Waals surface area contributed by atoms with Crippen molar-refractivity contribution in [2.45, 2.75) is 6.42 Å². The summed E-state index contributed by atoms with van der Waals surface area (Å²) in [6.07, 6.45) is 0.813. The van der Waals surface area contributed by atoms with E-state index in [1.54, 1.807) is 11.0 Å². The molecule has 0 radical (unpaired) electrons. The van der Waals surface area contributed by atoms with Gasteiger partial charge in [0.05, 0.1) is 5.56 Å². The minimum Gasteiger partial charge on any atom is -0.308 e. The van der Waals surface area contributed by atoms with E-state index in [-0.39, 0.29) is 5.91 Å². The topological polar surface area (TPSA) is 20.3 Å². The monoisotopic (exact) mass is 397 g/mol. The molecule has 0 aliphatic carbocycles. The van der Waals surface area contributed by atoms with Crippen LogP contribution in [0.2, 0.25) is 0 Å². The predicted octanol–water partition coefficient (Wildman–Crippen LogP) is 4.55. The number of carbonyl (C=O) groups is 1. The summed E-state index contributed by atoms with van der Waals surface area (Å²) in [5, 5.41) is 0. The van der Waals surface area contributed by atoms with E-state index in [2.05, 4.69) is 31.9 Å². The van der Waals surface area contributed by atoms with Crippen LogP contribution in [-0.2, 0) is 6.42 Å². The Morgan fingerprint density at radius 3 is 2.75 bits per heavy atom. The number of halogens is 3. The quantitative estimate of drug-likeness (QED) is 0.689. The maximum Gasteiger partial charge on any atom is 0.259 e. The molecule has 1 aliphatic heterocycles. The second-order valence-electron chi connectivity index (χ2n) is 4.60. The van der Waals surface area contributed by atoms with Crippen molar-refractivity contribution in [2.24, 2.45) is 0 Å². The van der Waals surface area contributed by atoms with Crippen molar-refractivity contribution in [1.29, 1.82) is 0 Å². The van der Waals surface area contributed by atoms with Crippen LogP contribution < -0.4 is 4.90 Å². The highest BCUT2D eigenvalue weighted by atomic mass is 79.9. The molecule has 3 rings (SSSR count). The third-order valence-electron chi connectivity index (χ3n) is 3.34. The molecule has 0 aromatic heterocycles. The van der Waals surface area contributed by atoms with Crippen LogP contribution in [0.4, 0.5) is 10.1 Å². The number of benzene rings is 2. The van der Waals surface area contributed by atoms with E-state index in [1.165, 1.54) is 12.1 Å². The lowest BCUT2D eigenvalue weighted by Gasteiger charge is -2.18. The fraction of sp³-hybridized carbons (Fsp3) is 0.133. The Morgan fingerprint density at radius 1 is 1.15 bits per heavy atom. The van der Waals surface area contributed by atoms with Gasteiger partial charge in [-0.3, -0.25) is 4.79 Å². The van der Waals surface area contributed by atoms with Crippen LogP contribution in [0.3, 0.4) is 0 Å². The highest BCUT2D eigenvalue weighted by molar-refractivity contribution is 9.10. The zero-order chi connectivity index (χ0) is 14.3. The number of fused-ring (bicyclic) bond motifs is 1. The molecule has 2 aromatic rings. The molecular formula is C15H10Br2FNO. The van der Waals surface area contributed by atoms with E-state index in [4.69, 9.17) is 0 Å². The molecule has 2 aromatic carbocycles. The van der Waals surface area contributed by atoms with Crippen LogP contribution >= 0.6 is 31.9 Å². The summed E-state index contributed by atoms with van der Waals surface area (Å²) in [6, 6.07) is 9.99. The molecule has 0 unspecified atom stereocenters. The standard InChI is InChI=1S/C15H10Br2FNO/c16-10-1-4-14-9(7-10)5-6-19(14)15(20)12-8-11(18)2-3-13(12)17/h1-4,7-8H,5-6H2. The molecule has 1 aliphatic rings. The molecule has 1 amide bonds. The Bertz CT molecular complexity index is 702. The average Bonchev–Trinajstić information content (AvgIpc) is 2.83. The summed E-state index contributed by atoms with van der Waals surface area (Å²) in [6.45, 7) is 0.619. The number of hydrogen-bond acceptors (Lipinski definition) is 1. The molecule has 0 atom stereocenters. The summed E-state index contributed by atoms with van der Waals surface area (Å²) >= 11 is 6.74. The normalized spacial score (nSPS) is 13.4. The van der Waals surface area contributed by atoms with Crippen molar-refractivity contribution in [1.82, 2.24) is 0 Å². The minimum absolute atomic E-state index is 0.183. The van der Waals surface area contributed by atoms with E-state index in [0.29, 0.717) is 16.6 Å². The van der Waals surface area contributed by atoms with Gasteiger partial charge in [0.25, 0.3) is 5.91 Å². The zero-order valence-electron chi connectivity index (χ0n) is 10.4. The van der Waals surface area contributed by atoms with Crippen LogP contribution in [0.5, 0.6) is 0 Å². The molecule has 5 heteroatoms. The second kappa shape index (κ2) is 5.30. The first kappa shape index (κ1) is 13.8. The van der Waals surface area contributed by atoms with Gasteiger partial charge in [-0.15, -0.1) is 0 Å². The van der Waals surface area contributed by atoms with Gasteiger partial charge in [-0.05, 0) is 64.3 Å². The number of carbonyl (C=O) groups excluding carboxylic acids is 1. The van der Waals surface area contributed by atoms with Gasteiger partial charge in [-0.2, -0.15) is 0 Å². The summed E-state index contributed by atoms with van der Waals surface area (Å²) in [5.41, 5.74) is 2.37. The lowest BCUT2D eigenvalue weighted by molar-refractivity contribution is 0.0988. The molecule has 0 bridgehead atoms. The molecule has 0 saturated carbocycles. The number of nitrogens with zero attached hydrogens (tertiary/aromatic N) is 1. The SMILES string of the molecule is O=C(c1cc(F)ccc1Br)N1CCc2cc(Br)ccc21. The van der Waals surface area contributed by atoms with Gasteiger partial charge in [-0.25, -0.2) is 4.39 Å².